The minimum Gasteiger partial charge on any atom is -0.491 e. The quantitative estimate of drug-likeness (QED) is 0.574. The second-order valence-electron chi connectivity index (χ2n) is 6.07. The maximum atomic E-state index is 12.4. The molecule has 0 aromatic heterocycles. The molecule has 6 nitrogen and oxygen atoms in total. The summed E-state index contributed by atoms with van der Waals surface area (Å²) in [5.41, 5.74) is 7.15. The molecule has 0 saturated carbocycles. The molecule has 25 heavy (non-hydrogen) atoms. The van der Waals surface area contributed by atoms with E-state index in [1.807, 2.05) is 13.8 Å². The Hall–Kier alpha value is -2.57. The highest BCUT2D eigenvalue weighted by Gasteiger charge is 2.23. The molecule has 0 aliphatic carbocycles. The lowest BCUT2D eigenvalue weighted by Gasteiger charge is -2.23. The summed E-state index contributed by atoms with van der Waals surface area (Å²) in [6, 6.07) is 12.5. The van der Waals surface area contributed by atoms with Crippen LogP contribution in [0.15, 0.2) is 48.5 Å². The summed E-state index contributed by atoms with van der Waals surface area (Å²) in [5, 5.41) is 22.6. The molecule has 2 aromatic rings. The highest BCUT2D eigenvalue weighted by atomic mass is 16.5. The Balaban J connectivity index is 2.10. The molecular formula is C19H24N2O4. The molecule has 5 N–H and O–H groups in total. The first-order chi connectivity index (χ1) is 11.9. The van der Waals surface area contributed by atoms with Crippen LogP contribution < -0.4 is 15.8 Å². The van der Waals surface area contributed by atoms with E-state index in [1.165, 1.54) is 0 Å². The fraction of sp³-hybridized carbons (Fsp3) is 0.316. The van der Waals surface area contributed by atoms with Crippen LogP contribution >= 0.6 is 0 Å². The molecule has 2 rings (SSSR count). The van der Waals surface area contributed by atoms with Crippen LogP contribution in [0.3, 0.4) is 0 Å². The monoisotopic (exact) mass is 344 g/mol. The van der Waals surface area contributed by atoms with Crippen LogP contribution in [0.5, 0.6) is 5.75 Å². The summed E-state index contributed by atoms with van der Waals surface area (Å²) < 4.78 is 5.57. The Kier molecular flexibility index (Phi) is 6.38. The third-order valence-electron chi connectivity index (χ3n) is 3.64. The molecule has 2 unspecified atom stereocenters. The molecule has 6 heteroatoms. The number of nitrogens with two attached hydrogens (primary N) is 1. The van der Waals surface area contributed by atoms with Crippen LogP contribution in [0.4, 0.5) is 5.69 Å². The number of nitrogens with one attached hydrogen (secondary N) is 1. The number of benzene rings is 2. The van der Waals surface area contributed by atoms with Gasteiger partial charge >= 0.3 is 0 Å². The highest BCUT2D eigenvalue weighted by Crippen LogP contribution is 2.19. The molecule has 0 fully saturated rings. The average molecular weight is 344 g/mol. The highest BCUT2D eigenvalue weighted by molar-refractivity contribution is 5.94. The molecule has 0 aliphatic heterocycles. The van der Waals surface area contributed by atoms with E-state index in [4.69, 9.17) is 10.5 Å². The number of aliphatic hydroxyl groups excluding tert-OH is 2. The standard InChI is InChI=1S/C19H24N2O4/c1-12(2)25-16-5-3-4-14(10-16)19(24)21-17(11-22)18(23)13-6-8-15(20)9-7-13/h3-10,12,17-18,22-23H,11,20H2,1-2H3,(H,21,24). The van der Waals surface area contributed by atoms with Gasteiger partial charge in [0.05, 0.1) is 18.8 Å². The van der Waals surface area contributed by atoms with Gasteiger partial charge in [-0.2, -0.15) is 0 Å². The van der Waals surface area contributed by atoms with Crippen LogP contribution in [-0.4, -0.2) is 34.9 Å². The van der Waals surface area contributed by atoms with E-state index in [0.717, 1.165) is 0 Å². The lowest BCUT2D eigenvalue weighted by atomic mass is 10.0. The Labute approximate surface area is 147 Å². The van der Waals surface area contributed by atoms with Gasteiger partial charge in [-0.3, -0.25) is 4.79 Å². The number of carbonyl (C=O) groups is 1. The van der Waals surface area contributed by atoms with E-state index in [0.29, 0.717) is 22.6 Å². The largest absolute Gasteiger partial charge is 0.491 e. The molecule has 0 saturated heterocycles. The minimum absolute atomic E-state index is 0.00385. The molecule has 1 amide bonds. The number of hydrogen-bond acceptors (Lipinski definition) is 5. The van der Waals surface area contributed by atoms with Crippen LogP contribution in [0.25, 0.3) is 0 Å². The van der Waals surface area contributed by atoms with E-state index >= 15 is 0 Å². The Morgan fingerprint density at radius 1 is 1.20 bits per heavy atom. The second-order valence-corrected chi connectivity index (χ2v) is 6.07. The molecular weight excluding hydrogens is 320 g/mol. The number of aliphatic hydroxyl groups is 2. The van der Waals surface area contributed by atoms with Gasteiger partial charge in [-0.1, -0.05) is 18.2 Å². The average Bonchev–Trinajstić information content (AvgIpc) is 2.59. The van der Waals surface area contributed by atoms with Gasteiger partial charge in [-0.25, -0.2) is 0 Å². The molecule has 134 valence electrons. The van der Waals surface area contributed by atoms with E-state index in [9.17, 15) is 15.0 Å². The van der Waals surface area contributed by atoms with Crippen LogP contribution in [0.2, 0.25) is 0 Å². The number of amides is 1. The normalized spacial score (nSPS) is 13.3. The summed E-state index contributed by atoms with van der Waals surface area (Å²) in [6.07, 6.45) is -1.06. The third kappa shape index (κ3) is 5.20. The molecule has 0 heterocycles. The van der Waals surface area contributed by atoms with Crippen molar-refractivity contribution in [2.45, 2.75) is 32.1 Å². The van der Waals surface area contributed by atoms with Crippen molar-refractivity contribution in [1.29, 1.82) is 0 Å². The van der Waals surface area contributed by atoms with Crippen molar-refractivity contribution >= 4 is 11.6 Å². The summed E-state index contributed by atoms with van der Waals surface area (Å²) in [6.45, 7) is 3.40. The first-order valence-corrected chi connectivity index (χ1v) is 8.12. The van der Waals surface area contributed by atoms with Gasteiger partial charge in [-0.15, -0.1) is 0 Å². The van der Waals surface area contributed by atoms with Crippen molar-refractivity contribution < 1.29 is 19.7 Å². The van der Waals surface area contributed by atoms with Gasteiger partial charge in [-0.05, 0) is 49.7 Å². The fourth-order valence-electron chi connectivity index (χ4n) is 2.38. The number of nitrogen functional groups attached to an aromatic ring is 1. The van der Waals surface area contributed by atoms with E-state index < -0.39 is 24.7 Å². The summed E-state index contributed by atoms with van der Waals surface area (Å²) in [7, 11) is 0. The van der Waals surface area contributed by atoms with Gasteiger partial charge in [0.2, 0.25) is 0 Å². The first-order valence-electron chi connectivity index (χ1n) is 8.12. The van der Waals surface area contributed by atoms with Gasteiger partial charge in [0.25, 0.3) is 5.91 Å². The summed E-state index contributed by atoms with van der Waals surface area (Å²) in [5.74, 6) is 0.185. The first kappa shape index (κ1) is 18.8. The van der Waals surface area contributed by atoms with Gasteiger partial charge in [0.15, 0.2) is 0 Å². The maximum absolute atomic E-state index is 12.4. The Morgan fingerprint density at radius 2 is 1.88 bits per heavy atom. The van der Waals surface area contributed by atoms with Crippen molar-refractivity contribution in [3.63, 3.8) is 0 Å². The van der Waals surface area contributed by atoms with Crippen molar-refractivity contribution in [2.75, 3.05) is 12.3 Å². The molecule has 2 aromatic carbocycles. The molecule has 0 bridgehead atoms. The number of anilines is 1. The van der Waals surface area contributed by atoms with Crippen molar-refractivity contribution in [1.82, 2.24) is 5.32 Å². The zero-order chi connectivity index (χ0) is 18.4. The summed E-state index contributed by atoms with van der Waals surface area (Å²) in [4.78, 5) is 12.4. The Bertz CT molecular complexity index is 701. The zero-order valence-electron chi connectivity index (χ0n) is 14.3. The minimum atomic E-state index is -1.05. The van der Waals surface area contributed by atoms with E-state index in [1.54, 1.807) is 48.5 Å². The van der Waals surface area contributed by atoms with Crippen molar-refractivity contribution in [2.24, 2.45) is 0 Å². The second kappa shape index (κ2) is 8.50. The summed E-state index contributed by atoms with van der Waals surface area (Å²) >= 11 is 0. The number of ether oxygens (including phenoxy) is 1. The fourth-order valence-corrected chi connectivity index (χ4v) is 2.38. The number of rotatable bonds is 7. The van der Waals surface area contributed by atoms with Crippen LogP contribution in [0.1, 0.15) is 35.9 Å². The predicted molar refractivity (Wildman–Crippen MR) is 96.4 cm³/mol. The van der Waals surface area contributed by atoms with Gasteiger partial charge in [0.1, 0.15) is 11.9 Å². The molecule has 0 radical (unpaired) electrons. The van der Waals surface area contributed by atoms with Gasteiger partial charge in [0, 0.05) is 11.3 Å². The SMILES string of the molecule is CC(C)Oc1cccc(C(=O)NC(CO)C(O)c2ccc(N)cc2)c1. The number of carbonyl (C=O) groups excluding carboxylic acids is 1. The number of hydrogen-bond donors (Lipinski definition) is 4. The van der Waals surface area contributed by atoms with Crippen molar-refractivity contribution in [3.8, 4) is 5.75 Å². The Morgan fingerprint density at radius 3 is 2.48 bits per heavy atom. The topological polar surface area (TPSA) is 105 Å². The van der Waals surface area contributed by atoms with E-state index in [-0.39, 0.29) is 6.10 Å². The van der Waals surface area contributed by atoms with Crippen molar-refractivity contribution in [3.05, 3.63) is 59.7 Å². The van der Waals surface area contributed by atoms with Crippen LogP contribution in [0, 0.1) is 0 Å². The molecule has 0 spiro atoms. The van der Waals surface area contributed by atoms with Gasteiger partial charge < -0.3 is 26.0 Å². The third-order valence-corrected chi connectivity index (χ3v) is 3.64. The lowest BCUT2D eigenvalue weighted by Crippen LogP contribution is -2.42. The molecule has 2 atom stereocenters. The van der Waals surface area contributed by atoms with Crippen LogP contribution in [-0.2, 0) is 0 Å². The lowest BCUT2D eigenvalue weighted by molar-refractivity contribution is 0.0702. The zero-order valence-corrected chi connectivity index (χ0v) is 14.3. The molecule has 0 aliphatic rings. The maximum Gasteiger partial charge on any atom is 0.251 e. The smallest absolute Gasteiger partial charge is 0.251 e. The van der Waals surface area contributed by atoms with E-state index in [2.05, 4.69) is 5.32 Å². The predicted octanol–water partition coefficient (Wildman–Crippen LogP) is 1.88.